The van der Waals surface area contributed by atoms with Gasteiger partial charge in [0.15, 0.2) is 0 Å². The highest BCUT2D eigenvalue weighted by Crippen LogP contribution is 2.19. The Labute approximate surface area is 93.6 Å². The molecule has 1 aromatic rings. The van der Waals surface area contributed by atoms with Gasteiger partial charge in [0.2, 0.25) is 0 Å². The minimum atomic E-state index is -1.22. The van der Waals surface area contributed by atoms with Gasteiger partial charge in [0.05, 0.1) is 31.1 Å². The zero-order valence-electron chi connectivity index (χ0n) is 8.72. The Kier molecular flexibility index (Phi) is 4.26. The fourth-order valence-corrected chi connectivity index (χ4v) is 1.24. The summed E-state index contributed by atoms with van der Waals surface area (Å²) in [5.41, 5.74) is -0.350. The van der Waals surface area contributed by atoms with Gasteiger partial charge in [-0.05, 0) is 12.1 Å². The van der Waals surface area contributed by atoms with Gasteiger partial charge in [-0.2, -0.15) is 5.26 Å². The lowest BCUT2D eigenvalue weighted by Crippen LogP contribution is -2.49. The van der Waals surface area contributed by atoms with Crippen molar-refractivity contribution in [1.82, 2.24) is 0 Å². The molecule has 0 saturated carbocycles. The minimum Gasteiger partial charge on any atom is -0.394 e. The number of rotatable bonds is 5. The van der Waals surface area contributed by atoms with Crippen molar-refractivity contribution >= 4 is 5.69 Å². The molecular weight excluding hydrogens is 208 g/mol. The summed E-state index contributed by atoms with van der Waals surface area (Å²) < 4.78 is 0. The Morgan fingerprint density at radius 2 is 1.69 bits per heavy atom. The third-order valence-corrected chi connectivity index (χ3v) is 2.36. The van der Waals surface area contributed by atoms with Gasteiger partial charge in [-0.1, -0.05) is 12.1 Å². The number of nitrogens with one attached hydrogen (secondary N) is 1. The number of nitriles is 1. The summed E-state index contributed by atoms with van der Waals surface area (Å²) >= 11 is 0. The lowest BCUT2D eigenvalue weighted by atomic mass is 10.0. The van der Waals surface area contributed by atoms with Crippen molar-refractivity contribution in [2.24, 2.45) is 0 Å². The number of hydrogen-bond donors (Lipinski definition) is 4. The number of anilines is 1. The molecule has 0 fully saturated rings. The summed E-state index contributed by atoms with van der Waals surface area (Å²) in [6.07, 6.45) is 0. The van der Waals surface area contributed by atoms with Crippen LogP contribution in [-0.2, 0) is 0 Å². The fourth-order valence-electron chi connectivity index (χ4n) is 1.24. The van der Waals surface area contributed by atoms with Crippen LogP contribution in [-0.4, -0.2) is 40.7 Å². The van der Waals surface area contributed by atoms with Crippen molar-refractivity contribution in [3.8, 4) is 6.07 Å². The van der Waals surface area contributed by atoms with Crippen LogP contribution in [0.1, 0.15) is 5.56 Å². The smallest absolute Gasteiger partial charge is 0.107 e. The fraction of sp³-hybridized carbons (Fsp3) is 0.364. The minimum absolute atomic E-state index is 0.391. The van der Waals surface area contributed by atoms with E-state index in [-0.39, 0.29) is 0 Å². The maximum atomic E-state index is 9.14. The predicted octanol–water partition coefficient (Wildman–Crippen LogP) is -0.314. The van der Waals surface area contributed by atoms with Crippen LogP contribution in [0.5, 0.6) is 0 Å². The number of aliphatic hydroxyl groups is 3. The first kappa shape index (κ1) is 12.5. The van der Waals surface area contributed by atoms with Gasteiger partial charge in [0, 0.05) is 0 Å². The maximum Gasteiger partial charge on any atom is 0.107 e. The third kappa shape index (κ3) is 2.49. The molecule has 86 valence electrons. The molecule has 0 aliphatic rings. The van der Waals surface area contributed by atoms with Gasteiger partial charge < -0.3 is 20.6 Å². The molecule has 0 radical (unpaired) electrons. The Morgan fingerprint density at radius 3 is 2.19 bits per heavy atom. The van der Waals surface area contributed by atoms with Gasteiger partial charge >= 0.3 is 0 Å². The first-order valence-corrected chi connectivity index (χ1v) is 4.81. The van der Waals surface area contributed by atoms with E-state index < -0.39 is 25.4 Å². The van der Waals surface area contributed by atoms with Gasteiger partial charge in [0.1, 0.15) is 11.6 Å². The number of para-hydroxylation sites is 1. The van der Waals surface area contributed by atoms with Gasteiger partial charge in [-0.3, -0.25) is 0 Å². The average Bonchev–Trinajstić information content (AvgIpc) is 2.36. The second kappa shape index (κ2) is 5.47. The van der Waals surface area contributed by atoms with E-state index in [2.05, 4.69) is 5.32 Å². The van der Waals surface area contributed by atoms with Crippen LogP contribution in [0.15, 0.2) is 24.3 Å². The van der Waals surface area contributed by atoms with Crippen molar-refractivity contribution in [3.63, 3.8) is 0 Å². The summed E-state index contributed by atoms with van der Waals surface area (Å²) in [6.45, 7) is -1.29. The molecule has 1 rings (SSSR count). The molecule has 0 atom stereocenters. The number of benzene rings is 1. The standard InChI is InChI=1S/C11H14N2O3/c12-5-9-3-1-2-4-10(9)13-11(6-14,7-15)8-16/h1-4,13-16H,6-8H2. The monoisotopic (exact) mass is 222 g/mol. The molecular formula is C11H14N2O3. The van der Waals surface area contributed by atoms with E-state index in [1.807, 2.05) is 6.07 Å². The van der Waals surface area contributed by atoms with Gasteiger partial charge in [-0.25, -0.2) is 0 Å². The van der Waals surface area contributed by atoms with Crippen molar-refractivity contribution in [2.75, 3.05) is 25.1 Å². The second-order valence-electron chi connectivity index (χ2n) is 3.54. The molecule has 0 aliphatic heterocycles. The molecule has 0 saturated heterocycles. The average molecular weight is 222 g/mol. The Balaban J connectivity index is 2.99. The molecule has 0 aliphatic carbocycles. The lowest BCUT2D eigenvalue weighted by molar-refractivity contribution is 0.0833. The van der Waals surface area contributed by atoms with Crippen LogP contribution in [0.25, 0.3) is 0 Å². The van der Waals surface area contributed by atoms with E-state index in [4.69, 9.17) is 20.6 Å². The Bertz CT molecular complexity index is 375. The summed E-state index contributed by atoms with van der Waals surface area (Å²) in [4.78, 5) is 0. The van der Waals surface area contributed by atoms with Crippen LogP contribution in [0, 0.1) is 11.3 Å². The van der Waals surface area contributed by atoms with Crippen molar-refractivity contribution in [1.29, 1.82) is 5.26 Å². The van der Waals surface area contributed by atoms with Crippen molar-refractivity contribution in [3.05, 3.63) is 29.8 Å². The summed E-state index contributed by atoms with van der Waals surface area (Å²) in [7, 11) is 0. The van der Waals surface area contributed by atoms with Crippen molar-refractivity contribution in [2.45, 2.75) is 5.54 Å². The molecule has 0 spiro atoms. The largest absolute Gasteiger partial charge is 0.394 e. The molecule has 0 bridgehead atoms. The van der Waals surface area contributed by atoms with Crippen LogP contribution in [0.3, 0.4) is 0 Å². The molecule has 0 unspecified atom stereocenters. The maximum absolute atomic E-state index is 9.14. The van der Waals surface area contributed by atoms with Crippen molar-refractivity contribution < 1.29 is 15.3 Å². The SMILES string of the molecule is N#Cc1ccccc1NC(CO)(CO)CO. The summed E-state index contributed by atoms with van der Waals surface area (Å²) in [5, 5.41) is 39.1. The van der Waals surface area contributed by atoms with E-state index in [0.717, 1.165) is 0 Å². The van der Waals surface area contributed by atoms with E-state index in [9.17, 15) is 0 Å². The first-order valence-electron chi connectivity index (χ1n) is 4.81. The van der Waals surface area contributed by atoms with E-state index in [1.165, 1.54) is 0 Å². The highest BCUT2D eigenvalue weighted by molar-refractivity contribution is 5.58. The zero-order valence-corrected chi connectivity index (χ0v) is 8.72. The predicted molar refractivity (Wildman–Crippen MR) is 58.8 cm³/mol. The lowest BCUT2D eigenvalue weighted by Gasteiger charge is -2.30. The first-order chi connectivity index (χ1) is 7.71. The Hall–Kier alpha value is -1.61. The number of aliphatic hydroxyl groups excluding tert-OH is 3. The van der Waals surface area contributed by atoms with Crippen LogP contribution in [0.4, 0.5) is 5.69 Å². The molecule has 4 N–H and O–H groups in total. The number of hydrogen-bond acceptors (Lipinski definition) is 5. The Morgan fingerprint density at radius 1 is 1.12 bits per heavy atom. The molecule has 1 aromatic carbocycles. The van der Waals surface area contributed by atoms with Crippen LogP contribution < -0.4 is 5.32 Å². The molecule has 0 heterocycles. The second-order valence-corrected chi connectivity index (χ2v) is 3.54. The van der Waals surface area contributed by atoms with Crippen LogP contribution in [0.2, 0.25) is 0 Å². The molecule has 5 nitrogen and oxygen atoms in total. The molecule has 0 aromatic heterocycles. The normalized spacial score (nSPS) is 10.9. The van der Waals surface area contributed by atoms with Crippen LogP contribution >= 0.6 is 0 Å². The topological polar surface area (TPSA) is 96.5 Å². The van der Waals surface area contributed by atoms with E-state index in [0.29, 0.717) is 11.3 Å². The summed E-state index contributed by atoms with van der Waals surface area (Å²) in [6, 6.07) is 8.67. The zero-order chi connectivity index (χ0) is 12.0. The van der Waals surface area contributed by atoms with Gasteiger partial charge in [0.25, 0.3) is 0 Å². The van der Waals surface area contributed by atoms with E-state index >= 15 is 0 Å². The highest BCUT2D eigenvalue weighted by atomic mass is 16.3. The molecule has 16 heavy (non-hydrogen) atoms. The molecule has 0 amide bonds. The molecule has 5 heteroatoms. The highest BCUT2D eigenvalue weighted by Gasteiger charge is 2.28. The summed E-state index contributed by atoms with van der Waals surface area (Å²) in [5.74, 6) is 0. The quantitative estimate of drug-likeness (QED) is 0.548. The number of nitrogens with zero attached hydrogens (tertiary/aromatic N) is 1. The van der Waals surface area contributed by atoms with Gasteiger partial charge in [-0.15, -0.1) is 0 Å². The third-order valence-electron chi connectivity index (χ3n) is 2.36. The van der Waals surface area contributed by atoms with E-state index in [1.54, 1.807) is 24.3 Å².